The van der Waals surface area contributed by atoms with Gasteiger partial charge >= 0.3 is 0 Å². The van der Waals surface area contributed by atoms with Crippen molar-refractivity contribution in [1.29, 1.82) is 0 Å². The summed E-state index contributed by atoms with van der Waals surface area (Å²) in [6, 6.07) is 5.42. The van der Waals surface area contributed by atoms with Gasteiger partial charge in [-0.25, -0.2) is 4.39 Å². The molecular weight excluding hydrogens is 329 g/mol. The number of carbonyl (C=O) groups excluding carboxylic acids is 1. The van der Waals surface area contributed by atoms with Crippen LogP contribution in [-0.2, 0) is 12.0 Å². The molecule has 1 aliphatic carbocycles. The van der Waals surface area contributed by atoms with E-state index in [9.17, 15) is 9.18 Å². The molecule has 0 N–H and O–H groups in total. The van der Waals surface area contributed by atoms with E-state index in [2.05, 4.69) is 25.9 Å². The predicted octanol–water partition coefficient (Wildman–Crippen LogP) is 4.56. The summed E-state index contributed by atoms with van der Waals surface area (Å²) in [6.07, 6.45) is 3.95. The molecule has 2 heterocycles. The summed E-state index contributed by atoms with van der Waals surface area (Å²) in [7, 11) is 0. The van der Waals surface area contributed by atoms with Crippen molar-refractivity contribution in [3.63, 3.8) is 0 Å². The van der Waals surface area contributed by atoms with E-state index in [1.165, 1.54) is 6.07 Å². The van der Waals surface area contributed by atoms with Crippen LogP contribution in [0.25, 0.3) is 0 Å². The fourth-order valence-electron chi connectivity index (χ4n) is 3.89. The van der Waals surface area contributed by atoms with E-state index in [0.29, 0.717) is 23.8 Å². The number of carbonyl (C=O) groups is 1. The number of aromatic nitrogens is 2. The average molecular weight is 355 g/mol. The summed E-state index contributed by atoms with van der Waals surface area (Å²) in [5.74, 6) is -0.0133. The third-order valence-corrected chi connectivity index (χ3v) is 5.22. The Bertz CT molecular complexity index is 874. The number of anilines is 1. The molecule has 1 aromatic heterocycles. The summed E-state index contributed by atoms with van der Waals surface area (Å²) in [4.78, 5) is 14.8. The zero-order valence-electron chi connectivity index (χ0n) is 16.0. The minimum atomic E-state index is -0.314. The van der Waals surface area contributed by atoms with E-state index in [4.69, 9.17) is 0 Å². The Balaban J connectivity index is 1.74. The number of amides is 1. The molecule has 1 saturated carbocycles. The maximum Gasteiger partial charge on any atom is 0.278 e. The van der Waals surface area contributed by atoms with E-state index in [-0.39, 0.29) is 17.3 Å². The Kier molecular flexibility index (Phi) is 3.94. The van der Waals surface area contributed by atoms with Gasteiger partial charge < -0.3 is 4.90 Å². The fraction of sp³-hybridized carbons (Fsp3) is 0.524. The van der Waals surface area contributed by atoms with Crippen molar-refractivity contribution in [1.82, 2.24) is 9.78 Å². The number of nitrogens with zero attached hydrogens (tertiary/aromatic N) is 3. The molecule has 0 radical (unpaired) electrons. The molecule has 0 bridgehead atoms. The van der Waals surface area contributed by atoms with Gasteiger partial charge in [-0.05, 0) is 76.6 Å². The highest BCUT2D eigenvalue weighted by molar-refractivity contribution is 6.05. The quantitative estimate of drug-likeness (QED) is 0.792. The fourth-order valence-corrected chi connectivity index (χ4v) is 3.89. The number of halogens is 1. The van der Waals surface area contributed by atoms with Gasteiger partial charge in [-0.3, -0.25) is 9.48 Å². The van der Waals surface area contributed by atoms with Crippen molar-refractivity contribution in [2.24, 2.45) is 0 Å². The van der Waals surface area contributed by atoms with E-state index in [1.807, 2.05) is 23.7 Å². The molecule has 4 nitrogen and oxygen atoms in total. The van der Waals surface area contributed by atoms with Crippen LogP contribution in [0.15, 0.2) is 18.2 Å². The molecule has 1 amide bonds. The molecule has 2 aliphatic rings. The summed E-state index contributed by atoms with van der Waals surface area (Å²) in [5, 5.41) is 4.64. The van der Waals surface area contributed by atoms with Crippen molar-refractivity contribution in [2.75, 3.05) is 11.4 Å². The maximum atomic E-state index is 14.7. The van der Waals surface area contributed by atoms with Crippen molar-refractivity contribution >= 4 is 11.6 Å². The first-order valence-corrected chi connectivity index (χ1v) is 9.47. The highest BCUT2D eigenvalue weighted by atomic mass is 19.1. The van der Waals surface area contributed by atoms with Gasteiger partial charge in [0.25, 0.3) is 5.91 Å². The first kappa shape index (κ1) is 17.3. The molecule has 2 aromatic rings. The van der Waals surface area contributed by atoms with Gasteiger partial charge in [0.2, 0.25) is 0 Å². The Morgan fingerprint density at radius 2 is 1.96 bits per heavy atom. The van der Waals surface area contributed by atoms with Crippen molar-refractivity contribution in [3.05, 3.63) is 46.5 Å². The van der Waals surface area contributed by atoms with Crippen LogP contribution in [0.3, 0.4) is 0 Å². The lowest BCUT2D eigenvalue weighted by Crippen LogP contribution is -2.37. The number of aryl methyl sites for hydroxylation is 2. The average Bonchev–Trinajstić information content (AvgIpc) is 3.30. The molecule has 138 valence electrons. The number of hydrogen-bond acceptors (Lipinski definition) is 2. The van der Waals surface area contributed by atoms with Crippen molar-refractivity contribution < 1.29 is 9.18 Å². The second kappa shape index (κ2) is 5.93. The molecule has 4 rings (SSSR count). The summed E-state index contributed by atoms with van der Waals surface area (Å²) in [5.41, 5.74) is 3.61. The van der Waals surface area contributed by atoms with Crippen LogP contribution in [0.4, 0.5) is 10.1 Å². The molecule has 0 spiro atoms. The van der Waals surface area contributed by atoms with Gasteiger partial charge in [0.1, 0.15) is 5.82 Å². The second-order valence-electron chi connectivity index (χ2n) is 8.63. The van der Waals surface area contributed by atoms with Gasteiger partial charge in [0, 0.05) is 18.2 Å². The van der Waals surface area contributed by atoms with Gasteiger partial charge in [-0.1, -0.05) is 6.07 Å². The second-order valence-corrected chi connectivity index (χ2v) is 8.63. The molecule has 26 heavy (non-hydrogen) atoms. The van der Waals surface area contributed by atoms with Crippen LogP contribution in [0.5, 0.6) is 0 Å². The normalized spacial score (nSPS) is 17.3. The number of fused-ring (bicyclic) bond motifs is 1. The summed E-state index contributed by atoms with van der Waals surface area (Å²) < 4.78 is 16.6. The molecule has 1 aliphatic heterocycles. The Morgan fingerprint density at radius 3 is 2.62 bits per heavy atom. The van der Waals surface area contributed by atoms with E-state index in [0.717, 1.165) is 42.5 Å². The lowest BCUT2D eigenvalue weighted by atomic mass is 9.98. The lowest BCUT2D eigenvalue weighted by Gasteiger charge is -2.29. The Labute approximate surface area is 154 Å². The smallest absolute Gasteiger partial charge is 0.278 e. The minimum absolute atomic E-state index is 0.182. The first-order chi connectivity index (χ1) is 12.3. The molecule has 5 heteroatoms. The molecule has 1 fully saturated rings. The van der Waals surface area contributed by atoms with Crippen LogP contribution >= 0.6 is 0 Å². The highest BCUT2D eigenvalue weighted by Crippen LogP contribution is 2.42. The van der Waals surface area contributed by atoms with Gasteiger partial charge in [-0.2, -0.15) is 5.10 Å². The van der Waals surface area contributed by atoms with Crippen LogP contribution in [-0.4, -0.2) is 22.2 Å². The third kappa shape index (κ3) is 2.93. The zero-order chi connectivity index (χ0) is 18.6. The topological polar surface area (TPSA) is 38.1 Å². The van der Waals surface area contributed by atoms with Crippen LogP contribution < -0.4 is 4.90 Å². The SMILES string of the molecule is Cc1cc(F)c2c(c1)CCCN2C(=O)c1cc(C2CC2)n(C(C)(C)C)n1. The standard InChI is InChI=1S/C21H26FN3O/c1-13-10-15-6-5-9-24(19(15)16(22)11-13)20(26)17-12-18(14-7-8-14)25(23-17)21(2,3)4/h10-12,14H,5-9H2,1-4H3. The predicted molar refractivity (Wildman–Crippen MR) is 100 cm³/mol. The monoisotopic (exact) mass is 355 g/mol. The molecular formula is C21H26FN3O. The third-order valence-electron chi connectivity index (χ3n) is 5.22. The van der Waals surface area contributed by atoms with E-state index in [1.54, 1.807) is 4.90 Å². The van der Waals surface area contributed by atoms with Gasteiger partial charge in [0.05, 0.1) is 11.2 Å². The molecule has 0 atom stereocenters. The van der Waals surface area contributed by atoms with E-state index >= 15 is 0 Å². The maximum absolute atomic E-state index is 14.7. The molecule has 1 aromatic carbocycles. The largest absolute Gasteiger partial charge is 0.304 e. The highest BCUT2D eigenvalue weighted by Gasteiger charge is 2.34. The van der Waals surface area contributed by atoms with Crippen LogP contribution in [0, 0.1) is 12.7 Å². The number of benzene rings is 1. The van der Waals surface area contributed by atoms with Crippen molar-refractivity contribution in [2.45, 2.75) is 64.8 Å². The van der Waals surface area contributed by atoms with Crippen LogP contribution in [0.2, 0.25) is 0 Å². The minimum Gasteiger partial charge on any atom is -0.304 e. The first-order valence-electron chi connectivity index (χ1n) is 9.47. The zero-order valence-corrected chi connectivity index (χ0v) is 16.0. The number of rotatable bonds is 2. The van der Waals surface area contributed by atoms with Crippen molar-refractivity contribution in [3.8, 4) is 0 Å². The molecule has 0 unspecified atom stereocenters. The van der Waals surface area contributed by atoms with Gasteiger partial charge in [0.15, 0.2) is 5.69 Å². The Hall–Kier alpha value is -2.17. The Morgan fingerprint density at radius 1 is 1.23 bits per heavy atom. The number of hydrogen-bond donors (Lipinski definition) is 0. The van der Waals surface area contributed by atoms with E-state index < -0.39 is 0 Å². The van der Waals surface area contributed by atoms with Crippen LogP contribution in [0.1, 0.15) is 73.3 Å². The molecule has 0 saturated heterocycles. The lowest BCUT2D eigenvalue weighted by molar-refractivity contribution is 0.0977. The summed E-state index contributed by atoms with van der Waals surface area (Å²) in [6.45, 7) is 8.71. The van der Waals surface area contributed by atoms with Gasteiger partial charge in [-0.15, -0.1) is 0 Å². The summed E-state index contributed by atoms with van der Waals surface area (Å²) >= 11 is 0.